The molecule has 2 unspecified atom stereocenters. The summed E-state index contributed by atoms with van der Waals surface area (Å²) in [6, 6.07) is 8.98. The van der Waals surface area contributed by atoms with Gasteiger partial charge in [0.25, 0.3) is 0 Å². The first kappa shape index (κ1) is 13.1. The van der Waals surface area contributed by atoms with Crippen LogP contribution in [-0.2, 0) is 0 Å². The molecule has 0 amide bonds. The fourth-order valence-corrected chi connectivity index (χ4v) is 2.55. The highest BCUT2D eigenvalue weighted by atomic mass is 16.1. The van der Waals surface area contributed by atoms with E-state index in [4.69, 9.17) is 0 Å². The van der Waals surface area contributed by atoms with Gasteiger partial charge in [-0.2, -0.15) is 0 Å². The summed E-state index contributed by atoms with van der Waals surface area (Å²) >= 11 is 0. The third-order valence-corrected chi connectivity index (χ3v) is 3.51. The van der Waals surface area contributed by atoms with Gasteiger partial charge in [-0.25, -0.2) is 0 Å². The van der Waals surface area contributed by atoms with Crippen LogP contribution in [0.3, 0.4) is 0 Å². The topological polar surface area (TPSA) is 32.3 Å². The van der Waals surface area contributed by atoms with Gasteiger partial charge >= 0.3 is 0 Å². The molecule has 0 aliphatic carbocycles. The van der Waals surface area contributed by atoms with Crippen LogP contribution in [0.1, 0.15) is 37.6 Å². The zero-order valence-corrected chi connectivity index (χ0v) is 11.4. The molecule has 0 spiro atoms. The number of nitrogens with zero attached hydrogens (tertiary/aromatic N) is 1. The van der Waals surface area contributed by atoms with Gasteiger partial charge in [0.2, 0.25) is 0 Å². The van der Waals surface area contributed by atoms with Crippen molar-refractivity contribution in [2.24, 2.45) is 0 Å². The molecule has 1 aliphatic rings. The number of ketones is 1. The maximum Gasteiger partial charge on any atom is 0.159 e. The summed E-state index contributed by atoms with van der Waals surface area (Å²) in [7, 11) is 0. The van der Waals surface area contributed by atoms with E-state index in [2.05, 4.69) is 30.1 Å². The number of hydrogen-bond acceptors (Lipinski definition) is 3. The second-order valence-corrected chi connectivity index (χ2v) is 5.31. The number of carbonyl (C=O) groups is 1. The van der Waals surface area contributed by atoms with E-state index in [0.717, 1.165) is 30.8 Å². The molecule has 1 N–H and O–H groups in total. The molecular weight excluding hydrogens is 224 g/mol. The first-order valence-electron chi connectivity index (χ1n) is 6.68. The predicted octanol–water partition coefficient (Wildman–Crippen LogP) is 2.47. The van der Waals surface area contributed by atoms with Crippen LogP contribution in [0.4, 0.5) is 5.69 Å². The van der Waals surface area contributed by atoms with Crippen LogP contribution in [0.5, 0.6) is 0 Å². The summed E-state index contributed by atoms with van der Waals surface area (Å²) in [4.78, 5) is 13.8. The molecule has 2 rings (SSSR count). The Kier molecular flexibility index (Phi) is 4.02. The minimum Gasteiger partial charge on any atom is -0.370 e. The van der Waals surface area contributed by atoms with Crippen LogP contribution in [0.2, 0.25) is 0 Å². The van der Waals surface area contributed by atoms with E-state index in [1.54, 1.807) is 6.92 Å². The second-order valence-electron chi connectivity index (χ2n) is 5.31. The van der Waals surface area contributed by atoms with E-state index < -0.39 is 0 Å². The maximum absolute atomic E-state index is 11.4. The first-order valence-corrected chi connectivity index (χ1v) is 6.68. The molecule has 0 aromatic heterocycles. The standard InChI is InChI=1S/C15H22N2O/c1-11-7-8-17(10-12(2)16-11)15-6-4-5-14(9-15)13(3)18/h4-6,9,11-12,16H,7-8,10H2,1-3H3. The molecule has 1 fully saturated rings. The molecule has 0 saturated carbocycles. The number of carbonyl (C=O) groups excluding carboxylic acids is 1. The summed E-state index contributed by atoms with van der Waals surface area (Å²) in [6.07, 6.45) is 1.13. The van der Waals surface area contributed by atoms with Crippen molar-refractivity contribution >= 4 is 11.5 Å². The summed E-state index contributed by atoms with van der Waals surface area (Å²) in [5, 5.41) is 3.57. The fourth-order valence-electron chi connectivity index (χ4n) is 2.55. The van der Waals surface area contributed by atoms with Gasteiger partial charge in [-0.15, -0.1) is 0 Å². The van der Waals surface area contributed by atoms with Gasteiger partial charge in [-0.3, -0.25) is 4.79 Å². The van der Waals surface area contributed by atoms with Crippen LogP contribution < -0.4 is 10.2 Å². The van der Waals surface area contributed by atoms with Crippen molar-refractivity contribution in [2.45, 2.75) is 39.3 Å². The Bertz CT molecular complexity index is 430. The van der Waals surface area contributed by atoms with Crippen molar-refractivity contribution in [3.8, 4) is 0 Å². The van der Waals surface area contributed by atoms with Crippen molar-refractivity contribution < 1.29 is 4.79 Å². The van der Waals surface area contributed by atoms with E-state index in [-0.39, 0.29) is 5.78 Å². The van der Waals surface area contributed by atoms with Crippen LogP contribution in [0.15, 0.2) is 24.3 Å². The fraction of sp³-hybridized carbons (Fsp3) is 0.533. The third kappa shape index (κ3) is 3.10. The van der Waals surface area contributed by atoms with Crippen molar-refractivity contribution in [1.82, 2.24) is 5.32 Å². The van der Waals surface area contributed by atoms with E-state index in [0.29, 0.717) is 12.1 Å². The van der Waals surface area contributed by atoms with Gasteiger partial charge in [0.1, 0.15) is 0 Å². The Hall–Kier alpha value is -1.35. The summed E-state index contributed by atoms with van der Waals surface area (Å²) in [6.45, 7) is 8.09. The molecule has 1 aromatic rings. The second kappa shape index (κ2) is 5.53. The number of benzene rings is 1. The Morgan fingerprint density at radius 2 is 2.11 bits per heavy atom. The maximum atomic E-state index is 11.4. The van der Waals surface area contributed by atoms with Gasteiger partial charge in [0.05, 0.1) is 0 Å². The number of nitrogens with one attached hydrogen (secondary N) is 1. The van der Waals surface area contributed by atoms with Gasteiger partial charge < -0.3 is 10.2 Å². The summed E-state index contributed by atoms with van der Waals surface area (Å²) in [5.74, 6) is 0.131. The normalized spacial score (nSPS) is 24.7. The molecule has 98 valence electrons. The van der Waals surface area contributed by atoms with Crippen LogP contribution in [0, 0.1) is 0 Å². The zero-order valence-electron chi connectivity index (χ0n) is 11.4. The lowest BCUT2D eigenvalue weighted by molar-refractivity contribution is 0.101. The molecule has 3 nitrogen and oxygen atoms in total. The molecule has 0 radical (unpaired) electrons. The summed E-state index contributed by atoms with van der Waals surface area (Å²) < 4.78 is 0. The Morgan fingerprint density at radius 3 is 2.83 bits per heavy atom. The van der Waals surface area contributed by atoms with Gasteiger partial charge in [0.15, 0.2) is 5.78 Å². The lowest BCUT2D eigenvalue weighted by atomic mass is 10.1. The number of anilines is 1. The van der Waals surface area contributed by atoms with E-state index in [1.165, 1.54) is 0 Å². The molecule has 1 heterocycles. The SMILES string of the molecule is CC(=O)c1cccc(N2CCC(C)NC(C)C2)c1. The van der Waals surface area contributed by atoms with Crippen LogP contribution in [-0.4, -0.2) is 31.0 Å². The van der Waals surface area contributed by atoms with E-state index in [9.17, 15) is 4.79 Å². The number of rotatable bonds is 2. The molecular formula is C15H22N2O. The zero-order chi connectivity index (χ0) is 13.1. The predicted molar refractivity (Wildman–Crippen MR) is 75.3 cm³/mol. The lowest BCUT2D eigenvalue weighted by Gasteiger charge is -2.25. The average Bonchev–Trinajstić information content (AvgIpc) is 2.50. The monoisotopic (exact) mass is 246 g/mol. The first-order chi connectivity index (χ1) is 8.56. The Morgan fingerprint density at radius 1 is 1.33 bits per heavy atom. The van der Waals surface area contributed by atoms with Crippen molar-refractivity contribution in [3.63, 3.8) is 0 Å². The Balaban J connectivity index is 2.19. The minimum atomic E-state index is 0.131. The molecule has 18 heavy (non-hydrogen) atoms. The van der Waals surface area contributed by atoms with Crippen LogP contribution in [0.25, 0.3) is 0 Å². The highest BCUT2D eigenvalue weighted by Gasteiger charge is 2.18. The van der Waals surface area contributed by atoms with Crippen molar-refractivity contribution in [2.75, 3.05) is 18.0 Å². The van der Waals surface area contributed by atoms with Crippen molar-refractivity contribution in [3.05, 3.63) is 29.8 Å². The quantitative estimate of drug-likeness (QED) is 0.814. The van der Waals surface area contributed by atoms with E-state index >= 15 is 0 Å². The minimum absolute atomic E-state index is 0.131. The number of Topliss-reactive ketones (excluding diaryl/α,β-unsaturated/α-hetero) is 1. The van der Waals surface area contributed by atoms with Gasteiger partial charge in [0, 0.05) is 36.4 Å². The summed E-state index contributed by atoms with van der Waals surface area (Å²) in [5.41, 5.74) is 1.95. The smallest absolute Gasteiger partial charge is 0.159 e. The van der Waals surface area contributed by atoms with Gasteiger partial charge in [-0.1, -0.05) is 12.1 Å². The molecule has 1 aliphatic heterocycles. The van der Waals surface area contributed by atoms with Crippen molar-refractivity contribution in [1.29, 1.82) is 0 Å². The highest BCUT2D eigenvalue weighted by molar-refractivity contribution is 5.94. The van der Waals surface area contributed by atoms with E-state index in [1.807, 2.05) is 18.2 Å². The van der Waals surface area contributed by atoms with Gasteiger partial charge in [-0.05, 0) is 39.3 Å². The molecule has 1 aromatic carbocycles. The molecule has 3 heteroatoms. The molecule has 0 bridgehead atoms. The largest absolute Gasteiger partial charge is 0.370 e. The molecule has 1 saturated heterocycles. The van der Waals surface area contributed by atoms with Crippen LogP contribution >= 0.6 is 0 Å². The Labute approximate surface area is 109 Å². The average molecular weight is 246 g/mol. The number of hydrogen-bond donors (Lipinski definition) is 1. The molecule has 2 atom stereocenters. The highest BCUT2D eigenvalue weighted by Crippen LogP contribution is 2.19. The lowest BCUT2D eigenvalue weighted by Crippen LogP contribution is -2.37. The third-order valence-electron chi connectivity index (χ3n) is 3.51.